The molecule has 1 saturated heterocycles. The predicted octanol–water partition coefficient (Wildman–Crippen LogP) is 0.321. The second-order valence-electron chi connectivity index (χ2n) is 4.88. The summed E-state index contributed by atoms with van der Waals surface area (Å²) >= 11 is 1.53. The maximum absolute atomic E-state index is 11.8. The van der Waals surface area contributed by atoms with Gasteiger partial charge in [0.15, 0.2) is 0 Å². The molecule has 2 amide bonds. The van der Waals surface area contributed by atoms with Crippen LogP contribution in [0.2, 0.25) is 0 Å². The number of thioether (sulfide) groups is 1. The van der Waals surface area contributed by atoms with Crippen LogP contribution in [0.25, 0.3) is 0 Å². The molecule has 108 valence electrons. The molecule has 0 aromatic rings. The van der Waals surface area contributed by atoms with Crippen molar-refractivity contribution in [1.29, 1.82) is 0 Å². The zero-order valence-corrected chi connectivity index (χ0v) is 12.1. The van der Waals surface area contributed by atoms with Gasteiger partial charge in [-0.25, -0.2) is 4.79 Å². The van der Waals surface area contributed by atoms with Gasteiger partial charge in [0.05, 0.1) is 0 Å². The minimum absolute atomic E-state index is 0.0304. The van der Waals surface area contributed by atoms with Crippen LogP contribution in [0.4, 0.5) is 0 Å². The third-order valence-electron chi connectivity index (χ3n) is 3.10. The van der Waals surface area contributed by atoms with Crippen LogP contribution in [0.5, 0.6) is 0 Å². The van der Waals surface area contributed by atoms with Gasteiger partial charge in [-0.2, -0.15) is 11.8 Å². The van der Waals surface area contributed by atoms with Crippen molar-refractivity contribution >= 4 is 29.5 Å². The zero-order chi connectivity index (χ0) is 14.5. The average Bonchev–Trinajstić information content (AvgIpc) is 2.78. The van der Waals surface area contributed by atoms with Crippen LogP contribution in [-0.2, 0) is 14.4 Å². The summed E-state index contributed by atoms with van der Waals surface area (Å²) in [5, 5.41) is 11.8. The van der Waals surface area contributed by atoms with E-state index in [2.05, 4.69) is 5.32 Å². The fourth-order valence-corrected chi connectivity index (χ4v) is 3.16. The first-order valence-corrected chi connectivity index (χ1v) is 7.35. The molecule has 0 saturated carbocycles. The highest BCUT2D eigenvalue weighted by Crippen LogP contribution is 2.28. The molecule has 0 aromatic carbocycles. The molecule has 19 heavy (non-hydrogen) atoms. The minimum atomic E-state index is -1.12. The second-order valence-corrected chi connectivity index (χ2v) is 5.98. The lowest BCUT2D eigenvalue weighted by Gasteiger charge is -2.24. The van der Waals surface area contributed by atoms with E-state index in [4.69, 9.17) is 0 Å². The quantitative estimate of drug-likeness (QED) is 0.735. The monoisotopic (exact) mass is 288 g/mol. The van der Waals surface area contributed by atoms with Crippen molar-refractivity contribution in [3.63, 3.8) is 0 Å². The number of carbonyl (C=O) groups excluding carboxylic acids is 2. The third-order valence-corrected chi connectivity index (χ3v) is 4.29. The summed E-state index contributed by atoms with van der Waals surface area (Å²) in [6, 6.07) is 0. The number of rotatable bonds is 6. The van der Waals surface area contributed by atoms with Gasteiger partial charge in [0.25, 0.3) is 0 Å². The van der Waals surface area contributed by atoms with E-state index in [1.807, 2.05) is 0 Å². The van der Waals surface area contributed by atoms with Gasteiger partial charge in [0, 0.05) is 32.7 Å². The standard InChI is InChI=1S/C12H20N2O4S/c1-14(2)10(16)5-3-4-9(15)13-12(11(17)18)6-7-19-8-12/h3-8H2,1-2H3,(H,13,15)(H,17,18). The molecule has 1 aliphatic rings. The van der Waals surface area contributed by atoms with Crippen LogP contribution in [0.3, 0.4) is 0 Å². The Morgan fingerprint density at radius 1 is 1.32 bits per heavy atom. The van der Waals surface area contributed by atoms with Crippen LogP contribution < -0.4 is 5.32 Å². The SMILES string of the molecule is CN(C)C(=O)CCCC(=O)NC1(C(=O)O)CCSC1. The van der Waals surface area contributed by atoms with Crippen molar-refractivity contribution in [3.8, 4) is 0 Å². The fourth-order valence-electron chi connectivity index (χ4n) is 1.84. The van der Waals surface area contributed by atoms with Gasteiger partial charge in [-0.15, -0.1) is 0 Å². The summed E-state index contributed by atoms with van der Waals surface area (Å²) in [5.74, 6) is -0.153. The lowest BCUT2D eigenvalue weighted by Crippen LogP contribution is -2.54. The topological polar surface area (TPSA) is 86.7 Å². The van der Waals surface area contributed by atoms with Crippen molar-refractivity contribution in [2.75, 3.05) is 25.6 Å². The van der Waals surface area contributed by atoms with Crippen molar-refractivity contribution in [2.45, 2.75) is 31.2 Å². The van der Waals surface area contributed by atoms with E-state index in [0.717, 1.165) is 5.75 Å². The van der Waals surface area contributed by atoms with Gasteiger partial charge in [0.2, 0.25) is 11.8 Å². The summed E-state index contributed by atoms with van der Waals surface area (Å²) in [5.41, 5.74) is -1.12. The van der Waals surface area contributed by atoms with Crippen molar-refractivity contribution in [3.05, 3.63) is 0 Å². The first kappa shape index (κ1) is 15.8. The predicted molar refractivity (Wildman–Crippen MR) is 73.0 cm³/mol. The first-order chi connectivity index (χ1) is 8.87. The second kappa shape index (κ2) is 6.79. The van der Waals surface area contributed by atoms with Gasteiger partial charge < -0.3 is 15.3 Å². The Morgan fingerprint density at radius 3 is 2.47 bits per heavy atom. The highest BCUT2D eigenvalue weighted by Gasteiger charge is 2.43. The highest BCUT2D eigenvalue weighted by molar-refractivity contribution is 7.99. The van der Waals surface area contributed by atoms with Crippen LogP contribution in [0, 0.1) is 0 Å². The number of amides is 2. The Labute approximate surface area is 116 Å². The Hall–Kier alpha value is -1.24. The maximum atomic E-state index is 11.8. The van der Waals surface area contributed by atoms with Gasteiger partial charge in [-0.05, 0) is 18.6 Å². The van der Waals surface area contributed by atoms with Gasteiger partial charge in [-0.3, -0.25) is 9.59 Å². The lowest BCUT2D eigenvalue weighted by atomic mass is 9.99. The molecule has 1 aliphatic heterocycles. The van der Waals surface area contributed by atoms with E-state index in [-0.39, 0.29) is 18.2 Å². The van der Waals surface area contributed by atoms with E-state index < -0.39 is 11.5 Å². The van der Waals surface area contributed by atoms with Crippen molar-refractivity contribution in [2.24, 2.45) is 0 Å². The number of nitrogens with one attached hydrogen (secondary N) is 1. The van der Waals surface area contributed by atoms with E-state index in [1.54, 1.807) is 14.1 Å². The highest BCUT2D eigenvalue weighted by atomic mass is 32.2. The smallest absolute Gasteiger partial charge is 0.330 e. The summed E-state index contributed by atoms with van der Waals surface area (Å²) < 4.78 is 0. The molecule has 2 N–H and O–H groups in total. The first-order valence-electron chi connectivity index (χ1n) is 6.20. The van der Waals surface area contributed by atoms with Crippen molar-refractivity contribution in [1.82, 2.24) is 10.2 Å². The molecule has 1 atom stereocenters. The average molecular weight is 288 g/mol. The third kappa shape index (κ3) is 4.41. The normalized spacial score (nSPS) is 22.0. The van der Waals surface area contributed by atoms with Crippen LogP contribution in [-0.4, -0.2) is 58.9 Å². The number of nitrogens with zero attached hydrogens (tertiary/aromatic N) is 1. The Morgan fingerprint density at radius 2 is 2.00 bits per heavy atom. The molecule has 7 heteroatoms. The molecule has 1 fully saturated rings. The molecule has 0 bridgehead atoms. The molecular weight excluding hydrogens is 268 g/mol. The molecular formula is C12H20N2O4S. The fraction of sp³-hybridized carbons (Fsp3) is 0.750. The van der Waals surface area contributed by atoms with Gasteiger partial charge >= 0.3 is 5.97 Å². The van der Waals surface area contributed by atoms with Crippen molar-refractivity contribution < 1.29 is 19.5 Å². The summed E-state index contributed by atoms with van der Waals surface area (Å²) in [4.78, 5) is 35.8. The molecule has 0 spiro atoms. The van der Waals surface area contributed by atoms with E-state index in [1.165, 1.54) is 16.7 Å². The van der Waals surface area contributed by atoms with Gasteiger partial charge in [-0.1, -0.05) is 0 Å². The maximum Gasteiger partial charge on any atom is 0.330 e. The van der Waals surface area contributed by atoms with E-state index in [0.29, 0.717) is 25.0 Å². The molecule has 1 unspecified atom stereocenters. The Bertz CT molecular complexity index is 365. The molecule has 0 aliphatic carbocycles. The number of carboxylic acid groups (broad SMARTS) is 1. The van der Waals surface area contributed by atoms with Crippen LogP contribution in [0.15, 0.2) is 0 Å². The number of hydrogen-bond acceptors (Lipinski definition) is 4. The Kier molecular flexibility index (Phi) is 5.65. The number of carboxylic acids is 1. The lowest BCUT2D eigenvalue weighted by molar-refractivity contribution is -0.146. The molecule has 6 nitrogen and oxygen atoms in total. The molecule has 1 heterocycles. The summed E-state index contributed by atoms with van der Waals surface area (Å²) in [7, 11) is 3.33. The number of hydrogen-bond donors (Lipinski definition) is 2. The van der Waals surface area contributed by atoms with E-state index >= 15 is 0 Å². The van der Waals surface area contributed by atoms with E-state index in [9.17, 15) is 19.5 Å². The zero-order valence-electron chi connectivity index (χ0n) is 11.3. The van der Waals surface area contributed by atoms with Crippen LogP contribution in [0.1, 0.15) is 25.7 Å². The largest absolute Gasteiger partial charge is 0.479 e. The Balaban J connectivity index is 2.38. The van der Waals surface area contributed by atoms with Gasteiger partial charge in [0.1, 0.15) is 5.54 Å². The molecule has 1 rings (SSSR count). The number of carbonyl (C=O) groups is 3. The molecule has 0 aromatic heterocycles. The summed E-state index contributed by atoms with van der Waals surface area (Å²) in [6.07, 6.45) is 1.37. The molecule has 0 radical (unpaired) electrons. The number of aliphatic carboxylic acids is 1. The minimum Gasteiger partial charge on any atom is -0.479 e. The van der Waals surface area contributed by atoms with Crippen LogP contribution >= 0.6 is 11.8 Å². The summed E-state index contributed by atoms with van der Waals surface area (Å²) in [6.45, 7) is 0.